The van der Waals surface area contributed by atoms with Crippen LogP contribution in [0.15, 0.2) is 22.8 Å². The molecule has 2 amide bonds. The summed E-state index contributed by atoms with van der Waals surface area (Å²) in [6, 6.07) is 3.56. The molecule has 1 aliphatic carbocycles. The fraction of sp³-hybridized carbons (Fsp3) is 0.714. The molecule has 1 aromatic rings. The molecule has 0 aromatic carbocycles. The van der Waals surface area contributed by atoms with Gasteiger partial charge in [0.15, 0.2) is 5.76 Å². The Kier molecular flexibility index (Phi) is 6.32. The van der Waals surface area contributed by atoms with E-state index in [0.717, 1.165) is 71.5 Å². The van der Waals surface area contributed by atoms with Gasteiger partial charge >= 0.3 is 0 Å². The highest BCUT2D eigenvalue weighted by atomic mass is 16.5. The third kappa shape index (κ3) is 4.41. The minimum absolute atomic E-state index is 0.0724. The number of likely N-dealkylation sites (tertiary alicyclic amines) is 1. The zero-order valence-corrected chi connectivity index (χ0v) is 16.6. The maximum atomic E-state index is 13.1. The Morgan fingerprint density at radius 2 is 1.96 bits per heavy atom. The minimum atomic E-state index is -0.0724. The number of carbonyl (C=O) groups excluding carboxylic acids is 2. The van der Waals surface area contributed by atoms with Gasteiger partial charge in [0.25, 0.3) is 5.91 Å². The van der Waals surface area contributed by atoms with E-state index in [9.17, 15) is 9.59 Å². The molecule has 3 heterocycles. The standard InChI is InChI=1S/C21H31N3O4/c25-20(17-4-1-5-17)24(9-3-8-22-11-14-27-15-12-22)18-7-10-23(16-18)21(26)19-6-2-13-28-19/h2,6,13,17-18H,1,3-5,7-12,14-16H2. The van der Waals surface area contributed by atoms with Crippen LogP contribution < -0.4 is 0 Å². The second kappa shape index (κ2) is 9.09. The van der Waals surface area contributed by atoms with Gasteiger partial charge in [0.05, 0.1) is 25.5 Å². The molecule has 0 N–H and O–H groups in total. The predicted molar refractivity (Wildman–Crippen MR) is 104 cm³/mol. The van der Waals surface area contributed by atoms with Gasteiger partial charge in [0, 0.05) is 45.2 Å². The van der Waals surface area contributed by atoms with Crippen LogP contribution in [0.1, 0.15) is 42.7 Å². The average molecular weight is 389 g/mol. The number of ether oxygens (including phenoxy) is 1. The van der Waals surface area contributed by atoms with Crippen LogP contribution in [-0.2, 0) is 9.53 Å². The van der Waals surface area contributed by atoms with Crippen molar-refractivity contribution in [2.45, 2.75) is 38.1 Å². The summed E-state index contributed by atoms with van der Waals surface area (Å²) in [6.07, 6.45) is 6.54. The lowest BCUT2D eigenvalue weighted by atomic mass is 9.84. The highest BCUT2D eigenvalue weighted by Crippen LogP contribution is 2.30. The van der Waals surface area contributed by atoms with Gasteiger partial charge in [-0.3, -0.25) is 14.5 Å². The SMILES string of the molecule is O=C(c1ccco1)N1CCC(N(CCCN2CCOCC2)C(=O)C2CCC2)C1. The summed E-state index contributed by atoms with van der Waals surface area (Å²) in [6.45, 7) is 6.63. The minimum Gasteiger partial charge on any atom is -0.459 e. The van der Waals surface area contributed by atoms with E-state index in [1.54, 1.807) is 12.1 Å². The molecule has 3 aliphatic rings. The number of hydrogen-bond donors (Lipinski definition) is 0. The van der Waals surface area contributed by atoms with Crippen molar-refractivity contribution < 1.29 is 18.7 Å². The largest absolute Gasteiger partial charge is 0.459 e. The Labute approximate surface area is 166 Å². The van der Waals surface area contributed by atoms with E-state index in [-0.39, 0.29) is 17.9 Å². The zero-order chi connectivity index (χ0) is 19.3. The molecule has 28 heavy (non-hydrogen) atoms. The van der Waals surface area contributed by atoms with Crippen molar-refractivity contribution in [3.63, 3.8) is 0 Å². The van der Waals surface area contributed by atoms with E-state index in [4.69, 9.17) is 9.15 Å². The summed E-state index contributed by atoms with van der Waals surface area (Å²) in [7, 11) is 0. The molecule has 7 nitrogen and oxygen atoms in total. The van der Waals surface area contributed by atoms with Crippen molar-refractivity contribution in [3.8, 4) is 0 Å². The molecule has 0 bridgehead atoms. The van der Waals surface area contributed by atoms with Gasteiger partial charge in [-0.25, -0.2) is 0 Å². The molecule has 1 unspecified atom stereocenters. The zero-order valence-electron chi connectivity index (χ0n) is 16.6. The molecule has 2 aliphatic heterocycles. The van der Waals surface area contributed by atoms with Crippen LogP contribution in [0.5, 0.6) is 0 Å². The predicted octanol–water partition coefficient (Wildman–Crippen LogP) is 1.85. The summed E-state index contributed by atoms with van der Waals surface area (Å²) in [4.78, 5) is 32.0. The third-order valence-corrected chi connectivity index (χ3v) is 6.34. The van der Waals surface area contributed by atoms with Gasteiger partial charge in [0.2, 0.25) is 5.91 Å². The van der Waals surface area contributed by atoms with Crippen molar-refractivity contribution in [2.24, 2.45) is 5.92 Å². The average Bonchev–Trinajstić information content (AvgIpc) is 3.36. The molecular formula is C21H31N3O4. The first kappa shape index (κ1) is 19.5. The first-order valence-electron chi connectivity index (χ1n) is 10.7. The number of hydrogen-bond acceptors (Lipinski definition) is 5. The summed E-state index contributed by atoms with van der Waals surface area (Å²) < 4.78 is 10.7. The number of morpholine rings is 1. The Morgan fingerprint density at radius 1 is 1.14 bits per heavy atom. The number of amides is 2. The Bertz CT molecular complexity index is 653. The van der Waals surface area contributed by atoms with Crippen LogP contribution >= 0.6 is 0 Å². The van der Waals surface area contributed by atoms with Crippen molar-refractivity contribution in [1.29, 1.82) is 0 Å². The third-order valence-electron chi connectivity index (χ3n) is 6.34. The van der Waals surface area contributed by atoms with E-state index in [1.807, 2.05) is 4.90 Å². The van der Waals surface area contributed by atoms with Gasteiger partial charge in [-0.2, -0.15) is 0 Å². The van der Waals surface area contributed by atoms with Crippen LogP contribution in [0.2, 0.25) is 0 Å². The summed E-state index contributed by atoms with van der Waals surface area (Å²) >= 11 is 0. The van der Waals surface area contributed by atoms with E-state index < -0.39 is 0 Å². The summed E-state index contributed by atoms with van der Waals surface area (Å²) in [5, 5.41) is 0. The lowest BCUT2D eigenvalue weighted by Crippen LogP contribution is -2.48. The highest BCUT2D eigenvalue weighted by molar-refractivity contribution is 5.91. The van der Waals surface area contributed by atoms with Crippen molar-refractivity contribution in [1.82, 2.24) is 14.7 Å². The fourth-order valence-electron chi connectivity index (χ4n) is 4.39. The summed E-state index contributed by atoms with van der Waals surface area (Å²) in [5.74, 6) is 0.797. The topological polar surface area (TPSA) is 66.2 Å². The first-order valence-corrected chi connectivity index (χ1v) is 10.7. The number of rotatable bonds is 7. The number of furan rings is 1. The monoisotopic (exact) mass is 389 g/mol. The fourth-order valence-corrected chi connectivity index (χ4v) is 4.39. The molecule has 4 rings (SSSR count). The van der Waals surface area contributed by atoms with Gasteiger partial charge in [0.1, 0.15) is 0 Å². The molecule has 2 saturated heterocycles. The van der Waals surface area contributed by atoms with E-state index in [2.05, 4.69) is 9.80 Å². The van der Waals surface area contributed by atoms with Crippen LogP contribution in [0.3, 0.4) is 0 Å². The molecule has 0 spiro atoms. The van der Waals surface area contributed by atoms with Crippen LogP contribution in [0.25, 0.3) is 0 Å². The molecule has 0 radical (unpaired) electrons. The van der Waals surface area contributed by atoms with Gasteiger partial charge in [-0.05, 0) is 37.8 Å². The van der Waals surface area contributed by atoms with Crippen LogP contribution in [-0.4, -0.2) is 85.0 Å². The molecule has 7 heteroatoms. The quantitative estimate of drug-likeness (QED) is 0.712. The van der Waals surface area contributed by atoms with Crippen molar-refractivity contribution >= 4 is 11.8 Å². The second-order valence-corrected chi connectivity index (χ2v) is 8.14. The highest BCUT2D eigenvalue weighted by Gasteiger charge is 2.37. The van der Waals surface area contributed by atoms with Crippen molar-refractivity contribution in [3.05, 3.63) is 24.2 Å². The molecule has 1 atom stereocenters. The normalized spacial score (nSPS) is 23.6. The smallest absolute Gasteiger partial charge is 0.289 e. The van der Waals surface area contributed by atoms with Gasteiger partial charge in [-0.15, -0.1) is 0 Å². The maximum Gasteiger partial charge on any atom is 0.289 e. The summed E-state index contributed by atoms with van der Waals surface area (Å²) in [5.41, 5.74) is 0. The lowest BCUT2D eigenvalue weighted by molar-refractivity contribution is -0.140. The molecule has 1 aromatic heterocycles. The van der Waals surface area contributed by atoms with Gasteiger partial charge < -0.3 is 19.0 Å². The molecule has 1 saturated carbocycles. The molecule has 154 valence electrons. The van der Waals surface area contributed by atoms with Crippen LogP contribution in [0.4, 0.5) is 0 Å². The molecule has 3 fully saturated rings. The van der Waals surface area contributed by atoms with Gasteiger partial charge in [-0.1, -0.05) is 6.42 Å². The Balaban J connectivity index is 1.34. The first-order chi connectivity index (χ1) is 13.7. The second-order valence-electron chi connectivity index (χ2n) is 8.14. The Hall–Kier alpha value is -1.86. The van der Waals surface area contributed by atoms with E-state index in [0.29, 0.717) is 24.8 Å². The van der Waals surface area contributed by atoms with Crippen LogP contribution in [0, 0.1) is 5.92 Å². The number of carbonyl (C=O) groups is 2. The maximum absolute atomic E-state index is 13.1. The van der Waals surface area contributed by atoms with E-state index in [1.165, 1.54) is 6.26 Å². The Morgan fingerprint density at radius 3 is 2.64 bits per heavy atom. The number of nitrogens with zero attached hydrogens (tertiary/aromatic N) is 3. The lowest BCUT2D eigenvalue weighted by Gasteiger charge is -2.36. The van der Waals surface area contributed by atoms with E-state index >= 15 is 0 Å². The molecular weight excluding hydrogens is 358 g/mol. The van der Waals surface area contributed by atoms with Crippen molar-refractivity contribution in [2.75, 3.05) is 52.5 Å².